The third kappa shape index (κ3) is 4.57. The normalized spacial score (nSPS) is 16.1. The van der Waals surface area contributed by atoms with Crippen LogP contribution in [0.5, 0.6) is 5.75 Å². The maximum atomic E-state index is 12.6. The van der Waals surface area contributed by atoms with Crippen LogP contribution in [0.4, 0.5) is 11.4 Å². The molecule has 2 amide bonds. The lowest BCUT2D eigenvalue weighted by molar-refractivity contribution is -0.122. The molecular formula is C22H24N2O4. The fourth-order valence-electron chi connectivity index (χ4n) is 3.11. The Kier molecular flexibility index (Phi) is 6.09. The lowest BCUT2D eigenvalue weighted by atomic mass is 10.1. The van der Waals surface area contributed by atoms with Crippen molar-refractivity contribution < 1.29 is 19.1 Å². The van der Waals surface area contributed by atoms with Crippen molar-refractivity contribution in [3.63, 3.8) is 0 Å². The van der Waals surface area contributed by atoms with Gasteiger partial charge in [0.05, 0.1) is 12.5 Å². The number of benzene rings is 2. The molecule has 0 spiro atoms. The van der Waals surface area contributed by atoms with Crippen molar-refractivity contribution in [3.05, 3.63) is 54.1 Å². The Morgan fingerprint density at radius 1 is 1.11 bits per heavy atom. The molecule has 146 valence electrons. The van der Waals surface area contributed by atoms with E-state index in [-0.39, 0.29) is 24.0 Å². The third-order valence-electron chi connectivity index (χ3n) is 4.68. The summed E-state index contributed by atoms with van der Waals surface area (Å²) >= 11 is 0. The highest BCUT2D eigenvalue weighted by Crippen LogP contribution is 2.27. The van der Waals surface area contributed by atoms with E-state index in [2.05, 4.69) is 5.32 Å². The predicted molar refractivity (Wildman–Crippen MR) is 108 cm³/mol. The van der Waals surface area contributed by atoms with Crippen LogP contribution in [0.1, 0.15) is 37.0 Å². The zero-order valence-electron chi connectivity index (χ0n) is 16.1. The van der Waals surface area contributed by atoms with Crippen LogP contribution in [-0.4, -0.2) is 30.7 Å². The molecule has 0 radical (unpaired) electrons. The van der Waals surface area contributed by atoms with Crippen molar-refractivity contribution in [1.29, 1.82) is 0 Å². The van der Waals surface area contributed by atoms with Gasteiger partial charge in [0.1, 0.15) is 5.75 Å². The van der Waals surface area contributed by atoms with E-state index in [1.54, 1.807) is 29.2 Å². The van der Waals surface area contributed by atoms with E-state index in [1.165, 1.54) is 6.92 Å². The number of carbonyl (C=O) groups excluding carboxylic acids is 3. The number of nitrogens with one attached hydrogen (secondary N) is 1. The van der Waals surface area contributed by atoms with Crippen LogP contribution in [0.25, 0.3) is 0 Å². The Hall–Kier alpha value is -3.15. The van der Waals surface area contributed by atoms with Crippen LogP contribution >= 0.6 is 0 Å². The number of hydrogen-bond acceptors (Lipinski definition) is 4. The Bertz CT molecular complexity index is 859. The van der Waals surface area contributed by atoms with Crippen molar-refractivity contribution in [3.8, 4) is 5.75 Å². The summed E-state index contributed by atoms with van der Waals surface area (Å²) in [6, 6.07) is 14.1. The number of amides is 2. The average molecular weight is 380 g/mol. The second-order valence-electron chi connectivity index (χ2n) is 6.87. The number of ether oxygens (including phenoxy) is 1. The molecule has 2 aromatic carbocycles. The summed E-state index contributed by atoms with van der Waals surface area (Å²) in [6.07, 6.45) is 1.10. The van der Waals surface area contributed by atoms with Gasteiger partial charge in [-0.1, -0.05) is 6.92 Å². The number of anilines is 2. The summed E-state index contributed by atoms with van der Waals surface area (Å²) in [5.41, 5.74) is 1.96. The number of nitrogens with zero attached hydrogens (tertiary/aromatic N) is 1. The molecule has 0 bridgehead atoms. The van der Waals surface area contributed by atoms with Crippen LogP contribution in [-0.2, 0) is 9.59 Å². The maximum Gasteiger partial charge on any atom is 0.229 e. The smallest absolute Gasteiger partial charge is 0.229 e. The van der Waals surface area contributed by atoms with E-state index in [1.807, 2.05) is 31.2 Å². The van der Waals surface area contributed by atoms with Gasteiger partial charge < -0.3 is 15.0 Å². The highest BCUT2D eigenvalue weighted by Gasteiger charge is 2.35. The fourth-order valence-corrected chi connectivity index (χ4v) is 3.11. The molecule has 1 saturated heterocycles. The van der Waals surface area contributed by atoms with Gasteiger partial charge in [-0.2, -0.15) is 0 Å². The summed E-state index contributed by atoms with van der Waals surface area (Å²) < 4.78 is 5.56. The van der Waals surface area contributed by atoms with Gasteiger partial charge in [0.25, 0.3) is 0 Å². The molecule has 1 fully saturated rings. The predicted octanol–water partition coefficient (Wildman–Crippen LogP) is 3.67. The van der Waals surface area contributed by atoms with E-state index in [9.17, 15) is 14.4 Å². The van der Waals surface area contributed by atoms with E-state index in [0.717, 1.165) is 17.9 Å². The van der Waals surface area contributed by atoms with Gasteiger partial charge in [-0.15, -0.1) is 0 Å². The van der Waals surface area contributed by atoms with Gasteiger partial charge in [-0.25, -0.2) is 0 Å². The van der Waals surface area contributed by atoms with Gasteiger partial charge in [0.15, 0.2) is 5.78 Å². The quantitative estimate of drug-likeness (QED) is 0.744. The molecule has 3 rings (SSSR count). The summed E-state index contributed by atoms with van der Waals surface area (Å²) in [5, 5.41) is 2.83. The molecular weight excluding hydrogens is 356 g/mol. The highest BCUT2D eigenvalue weighted by atomic mass is 16.5. The van der Waals surface area contributed by atoms with Gasteiger partial charge in [-0.05, 0) is 61.9 Å². The monoisotopic (exact) mass is 380 g/mol. The van der Waals surface area contributed by atoms with Gasteiger partial charge in [-0.3, -0.25) is 14.4 Å². The minimum absolute atomic E-state index is 0.0268. The second-order valence-corrected chi connectivity index (χ2v) is 6.87. The van der Waals surface area contributed by atoms with Crippen molar-refractivity contribution in [2.24, 2.45) is 5.92 Å². The van der Waals surface area contributed by atoms with Crippen molar-refractivity contribution in [2.45, 2.75) is 26.7 Å². The topological polar surface area (TPSA) is 75.7 Å². The molecule has 28 heavy (non-hydrogen) atoms. The van der Waals surface area contributed by atoms with Crippen LogP contribution in [0, 0.1) is 5.92 Å². The summed E-state index contributed by atoms with van der Waals surface area (Å²) in [6.45, 7) is 4.53. The number of rotatable bonds is 7. The molecule has 6 nitrogen and oxygen atoms in total. The Morgan fingerprint density at radius 2 is 1.79 bits per heavy atom. The highest BCUT2D eigenvalue weighted by molar-refractivity contribution is 6.03. The minimum Gasteiger partial charge on any atom is -0.494 e. The number of hydrogen-bond donors (Lipinski definition) is 1. The second kappa shape index (κ2) is 8.69. The molecule has 6 heteroatoms. The first-order valence-corrected chi connectivity index (χ1v) is 9.43. The molecule has 1 aliphatic rings. The average Bonchev–Trinajstić information content (AvgIpc) is 3.09. The third-order valence-corrected chi connectivity index (χ3v) is 4.68. The molecule has 1 heterocycles. The SMILES string of the molecule is CCCOc1ccc(N2C[C@H](C(=O)Nc3ccc(C(C)=O)cc3)CC2=O)cc1. The molecule has 1 N–H and O–H groups in total. The number of ketones is 1. The van der Waals surface area contributed by atoms with Crippen molar-refractivity contribution in [2.75, 3.05) is 23.4 Å². The first-order valence-electron chi connectivity index (χ1n) is 9.43. The van der Waals surface area contributed by atoms with E-state index in [4.69, 9.17) is 4.74 Å². The molecule has 1 atom stereocenters. The van der Waals surface area contributed by atoms with Crippen LogP contribution in [0.3, 0.4) is 0 Å². The van der Waals surface area contributed by atoms with E-state index < -0.39 is 5.92 Å². The first-order chi connectivity index (χ1) is 13.5. The molecule has 2 aromatic rings. The van der Waals surface area contributed by atoms with E-state index >= 15 is 0 Å². The van der Waals surface area contributed by atoms with Crippen LogP contribution in [0.2, 0.25) is 0 Å². The molecule has 0 aromatic heterocycles. The van der Waals surface area contributed by atoms with E-state index in [0.29, 0.717) is 24.4 Å². The van der Waals surface area contributed by atoms with Gasteiger partial charge in [0.2, 0.25) is 11.8 Å². The zero-order valence-corrected chi connectivity index (χ0v) is 16.1. The minimum atomic E-state index is -0.420. The van der Waals surface area contributed by atoms with Gasteiger partial charge >= 0.3 is 0 Å². The molecule has 0 aliphatic carbocycles. The first kappa shape index (κ1) is 19.6. The Balaban J connectivity index is 1.61. The van der Waals surface area contributed by atoms with Crippen LogP contribution < -0.4 is 15.0 Å². The largest absolute Gasteiger partial charge is 0.494 e. The Labute approximate surface area is 164 Å². The lowest BCUT2D eigenvalue weighted by Crippen LogP contribution is -2.28. The summed E-state index contributed by atoms with van der Waals surface area (Å²) in [7, 11) is 0. The molecule has 0 unspecified atom stereocenters. The Morgan fingerprint density at radius 3 is 2.39 bits per heavy atom. The lowest BCUT2D eigenvalue weighted by Gasteiger charge is -2.17. The molecule has 1 aliphatic heterocycles. The van der Waals surface area contributed by atoms with Gasteiger partial charge in [0, 0.05) is 29.9 Å². The number of carbonyl (C=O) groups is 3. The summed E-state index contributed by atoms with van der Waals surface area (Å²) in [4.78, 5) is 37.9. The fraction of sp³-hybridized carbons (Fsp3) is 0.318. The van der Waals surface area contributed by atoms with Crippen LogP contribution in [0.15, 0.2) is 48.5 Å². The standard InChI is InChI=1S/C22H24N2O4/c1-3-12-28-20-10-8-19(9-11-20)24-14-17(13-21(24)26)22(27)23-18-6-4-16(5-7-18)15(2)25/h4-11,17H,3,12-14H2,1-2H3,(H,23,27)/t17-/m1/s1. The van der Waals surface area contributed by atoms with Crippen molar-refractivity contribution >= 4 is 29.0 Å². The zero-order chi connectivity index (χ0) is 20.1. The number of Topliss-reactive ketones (excluding diaryl/α,β-unsaturated/α-hetero) is 1. The summed E-state index contributed by atoms with van der Waals surface area (Å²) in [5.74, 6) is 0.0428. The maximum absolute atomic E-state index is 12.6. The van der Waals surface area contributed by atoms with Crippen molar-refractivity contribution in [1.82, 2.24) is 0 Å². The molecule has 0 saturated carbocycles.